The van der Waals surface area contributed by atoms with Crippen LogP contribution < -0.4 is 4.74 Å². The van der Waals surface area contributed by atoms with Gasteiger partial charge in [0.2, 0.25) is 0 Å². The lowest BCUT2D eigenvalue weighted by molar-refractivity contribution is 0.294. The van der Waals surface area contributed by atoms with Crippen LogP contribution in [-0.4, -0.2) is 18.3 Å². The van der Waals surface area contributed by atoms with E-state index in [1.807, 2.05) is 24.3 Å². The van der Waals surface area contributed by atoms with Gasteiger partial charge in [0.05, 0.1) is 5.03 Å². The molecular formula is C11H12Cl2O2. The number of ether oxygens (including phenoxy) is 1. The second-order valence-corrected chi connectivity index (χ2v) is 3.63. The smallest absolute Gasteiger partial charge is 0.125 e. The fraction of sp³-hybridized carbons (Fsp3) is 0.273. The average molecular weight is 247 g/mol. The normalized spacial score (nSPS) is 11.5. The zero-order chi connectivity index (χ0) is 11.1. The first-order valence-corrected chi connectivity index (χ1v) is 5.35. The summed E-state index contributed by atoms with van der Waals surface area (Å²) in [6.45, 7) is 0.340. The largest absolute Gasteiger partial charge is 0.488 e. The first kappa shape index (κ1) is 12.4. The van der Waals surface area contributed by atoms with Crippen LogP contribution in [-0.2, 0) is 6.42 Å². The van der Waals surface area contributed by atoms with Gasteiger partial charge in [-0.1, -0.05) is 41.4 Å². The summed E-state index contributed by atoms with van der Waals surface area (Å²) < 4.78 is 5.45. The van der Waals surface area contributed by atoms with Gasteiger partial charge in [-0.3, -0.25) is 0 Å². The van der Waals surface area contributed by atoms with Crippen LogP contribution in [0.25, 0.3) is 0 Å². The Labute approximate surface area is 99.1 Å². The number of hydrogen-bond acceptors (Lipinski definition) is 2. The topological polar surface area (TPSA) is 29.5 Å². The Hall–Kier alpha value is -0.700. The van der Waals surface area contributed by atoms with Gasteiger partial charge in [-0.05, 0) is 18.1 Å². The molecule has 0 aromatic heterocycles. The molecule has 0 aliphatic rings. The van der Waals surface area contributed by atoms with E-state index in [-0.39, 0.29) is 13.2 Å². The van der Waals surface area contributed by atoms with Gasteiger partial charge in [0.25, 0.3) is 0 Å². The fourth-order valence-corrected chi connectivity index (χ4v) is 1.27. The van der Waals surface area contributed by atoms with Crippen molar-refractivity contribution in [2.24, 2.45) is 0 Å². The predicted molar refractivity (Wildman–Crippen MR) is 62.5 cm³/mol. The third-order valence-electron chi connectivity index (χ3n) is 1.84. The van der Waals surface area contributed by atoms with Gasteiger partial charge in [-0.15, -0.1) is 0 Å². The molecule has 0 radical (unpaired) electrons. The molecule has 0 bridgehead atoms. The van der Waals surface area contributed by atoms with E-state index < -0.39 is 0 Å². The lowest BCUT2D eigenvalue weighted by Crippen LogP contribution is -2.01. The molecule has 0 amide bonds. The highest BCUT2D eigenvalue weighted by molar-refractivity contribution is 6.36. The molecular weight excluding hydrogens is 235 g/mol. The highest BCUT2D eigenvalue weighted by Gasteiger charge is 2.02. The van der Waals surface area contributed by atoms with Gasteiger partial charge < -0.3 is 9.84 Å². The van der Waals surface area contributed by atoms with Gasteiger partial charge >= 0.3 is 0 Å². The third kappa shape index (κ3) is 4.12. The molecule has 0 aliphatic carbocycles. The molecule has 0 saturated heterocycles. The molecule has 0 saturated carbocycles. The van der Waals surface area contributed by atoms with Crippen molar-refractivity contribution < 1.29 is 9.84 Å². The summed E-state index contributed by atoms with van der Waals surface area (Å²) in [6.07, 6.45) is 0.568. The van der Waals surface area contributed by atoms with Crippen molar-refractivity contribution in [2.45, 2.75) is 6.42 Å². The molecule has 1 aromatic rings. The summed E-state index contributed by atoms with van der Waals surface area (Å²) in [6, 6.07) is 7.51. The molecule has 0 unspecified atom stereocenters. The zero-order valence-electron chi connectivity index (χ0n) is 8.12. The van der Waals surface area contributed by atoms with Crippen LogP contribution in [0.2, 0.25) is 0 Å². The van der Waals surface area contributed by atoms with Crippen LogP contribution in [0, 0.1) is 0 Å². The summed E-state index contributed by atoms with van der Waals surface area (Å²) in [5, 5.41) is 9.29. The van der Waals surface area contributed by atoms with Gasteiger partial charge in [0.15, 0.2) is 0 Å². The first-order chi connectivity index (χ1) is 7.27. The average Bonchev–Trinajstić information content (AvgIpc) is 2.28. The fourth-order valence-electron chi connectivity index (χ4n) is 1.15. The van der Waals surface area contributed by atoms with Crippen molar-refractivity contribution in [1.29, 1.82) is 0 Å². The maximum absolute atomic E-state index is 8.85. The maximum Gasteiger partial charge on any atom is 0.125 e. The van der Waals surface area contributed by atoms with E-state index in [0.29, 0.717) is 11.5 Å². The minimum absolute atomic E-state index is 0.0967. The van der Waals surface area contributed by atoms with Crippen molar-refractivity contribution >= 4 is 23.2 Å². The van der Waals surface area contributed by atoms with Crippen molar-refractivity contribution in [3.8, 4) is 5.75 Å². The Bertz CT molecular complexity index is 337. The first-order valence-electron chi connectivity index (χ1n) is 4.54. The van der Waals surface area contributed by atoms with E-state index in [1.54, 1.807) is 0 Å². The van der Waals surface area contributed by atoms with Crippen LogP contribution in [0.15, 0.2) is 34.8 Å². The number of aliphatic hydroxyl groups excluding tert-OH is 1. The van der Waals surface area contributed by atoms with E-state index in [9.17, 15) is 0 Å². The van der Waals surface area contributed by atoms with Gasteiger partial charge in [-0.2, -0.15) is 0 Å². The second kappa shape index (κ2) is 6.72. The maximum atomic E-state index is 8.85. The Morgan fingerprint density at radius 3 is 2.80 bits per heavy atom. The van der Waals surface area contributed by atoms with Crippen LogP contribution in [0.5, 0.6) is 5.75 Å². The van der Waals surface area contributed by atoms with E-state index in [0.717, 1.165) is 11.3 Å². The molecule has 0 aliphatic heterocycles. The number of rotatable bonds is 5. The summed E-state index contributed by atoms with van der Waals surface area (Å²) in [4.78, 5) is 0. The Kier molecular flexibility index (Phi) is 5.54. The molecule has 82 valence electrons. The van der Waals surface area contributed by atoms with E-state index in [4.69, 9.17) is 33.0 Å². The van der Waals surface area contributed by atoms with Crippen molar-refractivity contribution in [2.75, 3.05) is 13.2 Å². The molecule has 0 fully saturated rings. The van der Waals surface area contributed by atoms with Gasteiger partial charge in [-0.25, -0.2) is 0 Å². The Morgan fingerprint density at radius 1 is 1.40 bits per heavy atom. The van der Waals surface area contributed by atoms with Crippen LogP contribution >= 0.6 is 23.2 Å². The molecule has 0 spiro atoms. The van der Waals surface area contributed by atoms with E-state index in [2.05, 4.69) is 0 Å². The van der Waals surface area contributed by atoms with Crippen LogP contribution in [0.4, 0.5) is 0 Å². The quantitative estimate of drug-likeness (QED) is 0.866. The highest BCUT2D eigenvalue weighted by Crippen LogP contribution is 2.19. The number of halogens is 2. The number of benzene rings is 1. The highest BCUT2D eigenvalue weighted by atomic mass is 35.5. The monoisotopic (exact) mass is 246 g/mol. The van der Waals surface area contributed by atoms with Crippen molar-refractivity contribution in [1.82, 2.24) is 0 Å². The van der Waals surface area contributed by atoms with E-state index in [1.165, 1.54) is 5.54 Å². The summed E-state index contributed by atoms with van der Waals surface area (Å²) in [5.41, 5.74) is 2.23. The molecule has 1 rings (SSSR count). The molecule has 15 heavy (non-hydrogen) atoms. The minimum Gasteiger partial charge on any atom is -0.488 e. The molecule has 0 atom stereocenters. The second-order valence-electron chi connectivity index (χ2n) is 2.93. The minimum atomic E-state index is 0.0967. The molecule has 1 N–H and O–H groups in total. The lowest BCUT2D eigenvalue weighted by atomic mass is 10.1. The molecule has 2 nitrogen and oxygen atoms in total. The lowest BCUT2D eigenvalue weighted by Gasteiger charge is -2.09. The predicted octanol–water partition coefficient (Wildman–Crippen LogP) is 2.92. The van der Waals surface area contributed by atoms with Crippen LogP contribution in [0.3, 0.4) is 0 Å². The Balaban J connectivity index is 2.66. The van der Waals surface area contributed by atoms with Crippen LogP contribution in [0.1, 0.15) is 5.56 Å². The van der Waals surface area contributed by atoms with Crippen molar-refractivity contribution in [3.05, 3.63) is 40.4 Å². The SMILES string of the molecule is OCCc1ccccc1OC/C(Cl)=C/Cl. The molecule has 4 heteroatoms. The summed E-state index contributed by atoms with van der Waals surface area (Å²) in [7, 11) is 0. The van der Waals surface area contributed by atoms with Gasteiger partial charge in [0, 0.05) is 12.1 Å². The van der Waals surface area contributed by atoms with E-state index >= 15 is 0 Å². The Morgan fingerprint density at radius 2 is 2.13 bits per heavy atom. The number of para-hydroxylation sites is 1. The van der Waals surface area contributed by atoms with Crippen molar-refractivity contribution in [3.63, 3.8) is 0 Å². The molecule has 0 heterocycles. The zero-order valence-corrected chi connectivity index (χ0v) is 9.63. The van der Waals surface area contributed by atoms with Gasteiger partial charge in [0.1, 0.15) is 12.4 Å². The number of aliphatic hydroxyl groups is 1. The third-order valence-corrected chi connectivity index (χ3v) is 2.43. The standard InChI is InChI=1S/C11H12Cl2O2/c12-7-10(13)8-15-11-4-2-1-3-9(11)5-6-14/h1-4,7,14H,5-6,8H2/b10-7-. The number of hydrogen-bond donors (Lipinski definition) is 1. The summed E-state index contributed by atoms with van der Waals surface area (Å²) in [5.74, 6) is 0.725. The molecule has 1 aromatic carbocycles. The summed E-state index contributed by atoms with van der Waals surface area (Å²) >= 11 is 11.1.